The molecule has 0 unspecified atom stereocenters. The normalized spacial score (nSPS) is 15.5. The molecule has 29 heavy (non-hydrogen) atoms. The number of benzene rings is 3. The van der Waals surface area contributed by atoms with Crippen molar-refractivity contribution >= 4 is 32.6 Å². The Labute approximate surface area is 168 Å². The summed E-state index contributed by atoms with van der Waals surface area (Å²) in [5, 5.41) is 11.9. The third kappa shape index (κ3) is 3.71. The van der Waals surface area contributed by atoms with Crippen LogP contribution in [0.2, 0.25) is 0 Å². The van der Waals surface area contributed by atoms with Gasteiger partial charge in [-0.2, -0.15) is 8.42 Å². The summed E-state index contributed by atoms with van der Waals surface area (Å²) in [5.41, 5.74) is 2.26. The number of hydrogen-bond acceptors (Lipinski definition) is 5. The van der Waals surface area contributed by atoms with Gasteiger partial charge in [0.25, 0.3) is 5.91 Å². The summed E-state index contributed by atoms with van der Waals surface area (Å²) in [7, 11) is -2.34. The molecule has 0 saturated carbocycles. The third-order valence-electron chi connectivity index (χ3n) is 4.96. The Morgan fingerprint density at radius 1 is 1.07 bits per heavy atom. The van der Waals surface area contributed by atoms with E-state index in [1.54, 1.807) is 13.2 Å². The summed E-state index contributed by atoms with van der Waals surface area (Å²) in [6.07, 6.45) is 1.56. The summed E-state index contributed by atoms with van der Waals surface area (Å²) >= 11 is 0. The zero-order valence-corrected chi connectivity index (χ0v) is 16.6. The Kier molecular flexibility index (Phi) is 4.79. The first-order chi connectivity index (χ1) is 13.9. The molecule has 0 atom stereocenters. The molecule has 1 aliphatic rings. The molecule has 150 valence electrons. The van der Waals surface area contributed by atoms with Crippen molar-refractivity contribution in [1.82, 2.24) is 4.72 Å². The molecule has 0 bridgehead atoms. The van der Waals surface area contributed by atoms with Crippen molar-refractivity contribution in [3.8, 4) is 11.5 Å². The van der Waals surface area contributed by atoms with Crippen molar-refractivity contribution in [2.24, 2.45) is 0 Å². The second-order valence-electron chi connectivity index (χ2n) is 6.87. The van der Waals surface area contributed by atoms with E-state index in [1.807, 2.05) is 47.2 Å². The van der Waals surface area contributed by atoms with E-state index in [2.05, 4.69) is 0 Å². The highest BCUT2D eigenvalue weighted by Gasteiger charge is 2.35. The maximum atomic E-state index is 12.1. The highest BCUT2D eigenvalue weighted by atomic mass is 32.2. The van der Waals surface area contributed by atoms with Gasteiger partial charge >= 0.3 is 10.2 Å². The molecule has 1 fully saturated rings. The molecule has 3 aromatic carbocycles. The number of methoxy groups -OCH3 is 1. The van der Waals surface area contributed by atoms with E-state index < -0.39 is 16.1 Å². The minimum absolute atomic E-state index is 0.0812. The molecule has 1 saturated heterocycles. The van der Waals surface area contributed by atoms with Gasteiger partial charge in [0.1, 0.15) is 18.0 Å². The summed E-state index contributed by atoms with van der Waals surface area (Å²) in [6, 6.07) is 16.8. The van der Waals surface area contributed by atoms with E-state index in [9.17, 15) is 18.3 Å². The molecular formula is C21H20N2O5S. The number of hydrogen-bond donors (Lipinski definition) is 2. The molecule has 4 rings (SSSR count). The second kappa shape index (κ2) is 7.29. The van der Waals surface area contributed by atoms with Gasteiger partial charge in [0.15, 0.2) is 0 Å². The fraction of sp³-hybridized carbons (Fsp3) is 0.190. The molecule has 0 spiro atoms. The number of anilines is 1. The smallest absolute Gasteiger partial charge is 0.326 e. The van der Waals surface area contributed by atoms with Crippen LogP contribution in [-0.4, -0.2) is 33.1 Å². The highest BCUT2D eigenvalue weighted by molar-refractivity contribution is 7.92. The second-order valence-corrected chi connectivity index (χ2v) is 8.47. The number of nitrogens with one attached hydrogen (secondary N) is 1. The Hall–Kier alpha value is -3.26. The van der Waals surface area contributed by atoms with Crippen LogP contribution in [-0.2, 0) is 27.8 Å². The molecule has 1 amide bonds. The number of carbonyl (C=O) groups excluding carboxylic acids is 1. The SMILES string of the molecule is COc1ccccc1CCc1ccc2cc(O)c(N3CC(=O)NS3(=O)=O)cc2c1. The zero-order valence-electron chi connectivity index (χ0n) is 15.8. The van der Waals surface area contributed by atoms with E-state index in [0.29, 0.717) is 0 Å². The van der Waals surface area contributed by atoms with E-state index in [4.69, 9.17) is 4.74 Å². The number of rotatable bonds is 5. The van der Waals surface area contributed by atoms with Gasteiger partial charge in [-0.3, -0.25) is 4.79 Å². The zero-order chi connectivity index (χ0) is 20.6. The molecule has 8 heteroatoms. The first-order valence-corrected chi connectivity index (χ1v) is 10.5. The lowest BCUT2D eigenvalue weighted by atomic mass is 10.00. The lowest BCUT2D eigenvalue weighted by Gasteiger charge is -2.17. The molecule has 1 heterocycles. The fourth-order valence-electron chi connectivity index (χ4n) is 3.53. The van der Waals surface area contributed by atoms with Gasteiger partial charge in [0.05, 0.1) is 12.8 Å². The van der Waals surface area contributed by atoms with Crippen LogP contribution in [0.1, 0.15) is 11.1 Å². The maximum Gasteiger partial charge on any atom is 0.326 e. The van der Waals surface area contributed by atoms with Gasteiger partial charge in [-0.05, 0) is 52.9 Å². The number of para-hydroxylation sites is 1. The van der Waals surface area contributed by atoms with Gasteiger partial charge in [0, 0.05) is 0 Å². The number of carbonyl (C=O) groups is 1. The number of amides is 1. The first-order valence-electron chi connectivity index (χ1n) is 9.08. The number of phenolic OH excluding ortho intramolecular Hbond substituents is 1. The number of nitrogens with zero attached hydrogens (tertiary/aromatic N) is 1. The van der Waals surface area contributed by atoms with Gasteiger partial charge in [-0.15, -0.1) is 0 Å². The van der Waals surface area contributed by atoms with Crippen molar-refractivity contribution in [1.29, 1.82) is 0 Å². The van der Waals surface area contributed by atoms with Crippen molar-refractivity contribution in [3.63, 3.8) is 0 Å². The van der Waals surface area contributed by atoms with Crippen molar-refractivity contribution < 1.29 is 23.1 Å². The maximum absolute atomic E-state index is 12.1. The predicted octanol–water partition coefficient (Wildman–Crippen LogP) is 2.52. The van der Waals surface area contributed by atoms with Crippen LogP contribution >= 0.6 is 0 Å². The van der Waals surface area contributed by atoms with Crippen LogP contribution in [0, 0.1) is 0 Å². The molecule has 0 aliphatic carbocycles. The molecule has 3 aromatic rings. The number of fused-ring (bicyclic) bond motifs is 1. The van der Waals surface area contributed by atoms with Gasteiger partial charge in [-0.25, -0.2) is 9.03 Å². The van der Waals surface area contributed by atoms with E-state index in [-0.39, 0.29) is 18.0 Å². The van der Waals surface area contributed by atoms with E-state index >= 15 is 0 Å². The van der Waals surface area contributed by atoms with Crippen LogP contribution in [0.25, 0.3) is 10.8 Å². The van der Waals surface area contributed by atoms with Crippen molar-refractivity contribution in [3.05, 3.63) is 65.7 Å². The summed E-state index contributed by atoms with van der Waals surface area (Å²) in [5.74, 6) is 0.0197. The minimum Gasteiger partial charge on any atom is -0.506 e. The fourth-order valence-corrected chi connectivity index (χ4v) is 4.68. The Bertz CT molecular complexity index is 1210. The van der Waals surface area contributed by atoms with Crippen LogP contribution in [0.4, 0.5) is 5.69 Å². The Morgan fingerprint density at radius 3 is 2.59 bits per heavy atom. The molecular weight excluding hydrogens is 392 g/mol. The first kappa shape index (κ1) is 19.1. The number of aromatic hydroxyl groups is 1. The summed E-state index contributed by atoms with van der Waals surface area (Å²) < 4.78 is 32.4. The standard InChI is InChI=1S/C21H20N2O5S/c1-28-20-5-3-2-4-15(20)8-6-14-7-9-16-12-19(24)18(11-17(16)10-14)23-13-21(25)22-29(23,26)27/h2-5,7,9-12,24H,6,8,13H2,1H3,(H,22,25). The van der Waals surface area contributed by atoms with Crippen LogP contribution in [0.15, 0.2) is 54.6 Å². The topological polar surface area (TPSA) is 95.9 Å². The number of phenols is 1. The van der Waals surface area contributed by atoms with Crippen molar-refractivity contribution in [2.75, 3.05) is 18.0 Å². The predicted molar refractivity (Wildman–Crippen MR) is 110 cm³/mol. The molecule has 7 nitrogen and oxygen atoms in total. The number of ether oxygens (including phenoxy) is 1. The van der Waals surface area contributed by atoms with Crippen LogP contribution in [0.3, 0.4) is 0 Å². The summed E-state index contributed by atoms with van der Waals surface area (Å²) in [6.45, 7) is -0.352. The highest BCUT2D eigenvalue weighted by Crippen LogP contribution is 2.35. The van der Waals surface area contributed by atoms with Crippen LogP contribution in [0.5, 0.6) is 11.5 Å². The summed E-state index contributed by atoms with van der Waals surface area (Å²) in [4.78, 5) is 11.5. The lowest BCUT2D eigenvalue weighted by Crippen LogP contribution is -2.29. The van der Waals surface area contributed by atoms with E-state index in [1.165, 1.54) is 6.07 Å². The van der Waals surface area contributed by atoms with Crippen molar-refractivity contribution in [2.45, 2.75) is 12.8 Å². The van der Waals surface area contributed by atoms with Gasteiger partial charge in [-0.1, -0.05) is 36.4 Å². The average Bonchev–Trinajstić information content (AvgIpc) is 2.97. The molecule has 2 N–H and O–H groups in total. The Balaban J connectivity index is 1.65. The third-order valence-corrected chi connectivity index (χ3v) is 6.35. The molecule has 0 aromatic heterocycles. The minimum atomic E-state index is -3.98. The molecule has 0 radical (unpaired) electrons. The quantitative estimate of drug-likeness (QED) is 0.671. The van der Waals surface area contributed by atoms with E-state index in [0.717, 1.165) is 44.8 Å². The monoisotopic (exact) mass is 412 g/mol. The number of aryl methyl sites for hydroxylation is 2. The largest absolute Gasteiger partial charge is 0.506 e. The lowest BCUT2D eigenvalue weighted by molar-refractivity contribution is -0.117. The Morgan fingerprint density at radius 2 is 1.86 bits per heavy atom. The average molecular weight is 412 g/mol. The van der Waals surface area contributed by atoms with Gasteiger partial charge in [0.2, 0.25) is 0 Å². The van der Waals surface area contributed by atoms with Gasteiger partial charge < -0.3 is 9.84 Å². The van der Waals surface area contributed by atoms with Crippen LogP contribution < -0.4 is 13.8 Å². The molecule has 1 aliphatic heterocycles.